The molecule has 1 aromatic carbocycles. The van der Waals surface area contributed by atoms with Gasteiger partial charge in [0, 0.05) is 12.2 Å². The molecule has 0 aliphatic rings. The first-order chi connectivity index (χ1) is 7.63. The molecular weight excluding hydrogens is 211 g/mol. The molecule has 4 heteroatoms. The van der Waals surface area contributed by atoms with Crippen molar-refractivity contribution in [1.82, 2.24) is 0 Å². The lowest BCUT2D eigenvalue weighted by Crippen LogP contribution is -2.01. The number of methoxy groups -OCH3 is 2. The van der Waals surface area contributed by atoms with Crippen LogP contribution >= 0.6 is 0 Å². The summed E-state index contributed by atoms with van der Waals surface area (Å²) in [6.45, 7) is 1.45. The lowest BCUT2D eigenvalue weighted by atomic mass is 10.0. The number of hydrogen-bond donors (Lipinski definition) is 1. The van der Waals surface area contributed by atoms with Gasteiger partial charge in [-0.15, -0.1) is 0 Å². The van der Waals surface area contributed by atoms with Gasteiger partial charge >= 0.3 is 0 Å². The maximum absolute atomic E-state index is 13.2. The predicted octanol–water partition coefficient (Wildman–Crippen LogP) is 2.27. The zero-order valence-electron chi connectivity index (χ0n) is 9.79. The summed E-state index contributed by atoms with van der Waals surface area (Å²) < 4.78 is 23.6. The van der Waals surface area contributed by atoms with Crippen LogP contribution in [0.25, 0.3) is 0 Å². The van der Waals surface area contributed by atoms with Crippen LogP contribution in [0, 0.1) is 0 Å². The first-order valence-electron chi connectivity index (χ1n) is 5.13. The molecule has 0 aliphatic carbocycles. The quantitative estimate of drug-likeness (QED) is 0.840. The van der Waals surface area contributed by atoms with E-state index in [9.17, 15) is 4.39 Å². The van der Waals surface area contributed by atoms with Gasteiger partial charge in [0.25, 0.3) is 0 Å². The molecule has 3 nitrogen and oxygen atoms in total. The molecule has 16 heavy (non-hydrogen) atoms. The van der Waals surface area contributed by atoms with E-state index < -0.39 is 6.17 Å². The van der Waals surface area contributed by atoms with Crippen LogP contribution in [0.4, 0.5) is 4.39 Å². The van der Waals surface area contributed by atoms with E-state index in [0.717, 1.165) is 5.56 Å². The molecule has 0 amide bonds. The number of rotatable bonds is 5. The van der Waals surface area contributed by atoms with Crippen LogP contribution in [0.1, 0.15) is 24.2 Å². The highest BCUT2D eigenvalue weighted by Gasteiger charge is 2.14. The maximum atomic E-state index is 13.2. The van der Waals surface area contributed by atoms with E-state index in [2.05, 4.69) is 0 Å². The average molecular weight is 228 g/mol. The predicted molar refractivity (Wildman–Crippen MR) is 59.9 cm³/mol. The van der Waals surface area contributed by atoms with Gasteiger partial charge in [-0.2, -0.15) is 0 Å². The normalized spacial score (nSPS) is 12.3. The summed E-state index contributed by atoms with van der Waals surface area (Å²) in [4.78, 5) is 0. The molecule has 1 N–H and O–H groups in total. The maximum Gasteiger partial charge on any atom is 0.164 e. The van der Waals surface area contributed by atoms with Gasteiger partial charge in [0.15, 0.2) is 11.5 Å². The van der Waals surface area contributed by atoms with Crippen LogP contribution < -0.4 is 9.47 Å². The van der Waals surface area contributed by atoms with Crippen molar-refractivity contribution in [2.45, 2.75) is 19.5 Å². The standard InChI is InChI=1S/C12H17FO3/c1-8(13)10-6-9(4-5-14)12(16-3)11(7-10)15-2/h6-8,14H,4-5H2,1-3H3. The summed E-state index contributed by atoms with van der Waals surface area (Å²) in [5, 5.41) is 8.94. The summed E-state index contributed by atoms with van der Waals surface area (Å²) in [7, 11) is 3.03. The second kappa shape index (κ2) is 5.70. The number of halogens is 1. The zero-order chi connectivity index (χ0) is 12.1. The highest BCUT2D eigenvalue weighted by molar-refractivity contribution is 5.50. The third kappa shape index (κ3) is 2.64. The second-order valence-electron chi connectivity index (χ2n) is 3.51. The minimum Gasteiger partial charge on any atom is -0.493 e. The van der Waals surface area contributed by atoms with Crippen molar-refractivity contribution in [3.8, 4) is 11.5 Å². The van der Waals surface area contributed by atoms with Crippen LogP contribution in [0.2, 0.25) is 0 Å². The Balaban J connectivity index is 3.25. The Kier molecular flexibility index (Phi) is 4.55. The minimum absolute atomic E-state index is 0.0103. The van der Waals surface area contributed by atoms with Gasteiger partial charge in [0.05, 0.1) is 14.2 Å². The molecule has 0 saturated heterocycles. The van der Waals surface area contributed by atoms with Crippen molar-refractivity contribution in [1.29, 1.82) is 0 Å². The fraction of sp³-hybridized carbons (Fsp3) is 0.500. The summed E-state index contributed by atoms with van der Waals surface area (Å²) in [6, 6.07) is 3.31. The van der Waals surface area contributed by atoms with E-state index >= 15 is 0 Å². The second-order valence-corrected chi connectivity index (χ2v) is 3.51. The van der Waals surface area contributed by atoms with Gasteiger partial charge in [-0.1, -0.05) is 0 Å². The number of ether oxygens (including phenoxy) is 2. The summed E-state index contributed by atoms with van der Waals surface area (Å²) in [5.74, 6) is 1.05. The molecule has 0 radical (unpaired) electrons. The molecule has 0 spiro atoms. The fourth-order valence-corrected chi connectivity index (χ4v) is 1.60. The lowest BCUT2D eigenvalue weighted by molar-refractivity contribution is 0.294. The number of alkyl halides is 1. The Labute approximate surface area is 94.8 Å². The monoisotopic (exact) mass is 228 g/mol. The third-order valence-electron chi connectivity index (χ3n) is 2.42. The smallest absolute Gasteiger partial charge is 0.164 e. The largest absolute Gasteiger partial charge is 0.493 e. The fourth-order valence-electron chi connectivity index (χ4n) is 1.60. The topological polar surface area (TPSA) is 38.7 Å². The van der Waals surface area contributed by atoms with E-state index in [0.29, 0.717) is 23.5 Å². The molecule has 0 bridgehead atoms. The Morgan fingerprint density at radius 3 is 2.44 bits per heavy atom. The van der Waals surface area contributed by atoms with Crippen molar-refractivity contribution < 1.29 is 19.0 Å². The number of aliphatic hydroxyl groups excluding tert-OH is 1. The molecule has 1 unspecified atom stereocenters. The average Bonchev–Trinajstić information content (AvgIpc) is 2.28. The van der Waals surface area contributed by atoms with Gasteiger partial charge in [0.2, 0.25) is 0 Å². The Morgan fingerprint density at radius 2 is 2.00 bits per heavy atom. The molecule has 0 saturated carbocycles. The van der Waals surface area contributed by atoms with Crippen molar-refractivity contribution in [2.75, 3.05) is 20.8 Å². The van der Waals surface area contributed by atoms with Crippen LogP contribution in [0.15, 0.2) is 12.1 Å². The van der Waals surface area contributed by atoms with E-state index in [-0.39, 0.29) is 6.61 Å². The van der Waals surface area contributed by atoms with Gasteiger partial charge < -0.3 is 14.6 Å². The molecule has 0 aromatic heterocycles. The van der Waals surface area contributed by atoms with Crippen molar-refractivity contribution in [2.24, 2.45) is 0 Å². The van der Waals surface area contributed by atoms with Crippen LogP contribution in [0.3, 0.4) is 0 Å². The van der Waals surface area contributed by atoms with Crippen molar-refractivity contribution in [3.63, 3.8) is 0 Å². The van der Waals surface area contributed by atoms with Crippen LogP contribution in [0.5, 0.6) is 11.5 Å². The first-order valence-corrected chi connectivity index (χ1v) is 5.13. The molecule has 0 heterocycles. The highest BCUT2D eigenvalue weighted by Crippen LogP contribution is 2.35. The molecule has 0 fully saturated rings. The van der Waals surface area contributed by atoms with Gasteiger partial charge in [-0.25, -0.2) is 4.39 Å². The summed E-state index contributed by atoms with van der Waals surface area (Å²) in [6.07, 6.45) is -0.655. The van der Waals surface area contributed by atoms with E-state index in [4.69, 9.17) is 14.6 Å². The number of aliphatic hydroxyl groups is 1. The van der Waals surface area contributed by atoms with Gasteiger partial charge in [-0.3, -0.25) is 0 Å². The molecule has 90 valence electrons. The van der Waals surface area contributed by atoms with Gasteiger partial charge in [0.1, 0.15) is 6.17 Å². The first kappa shape index (κ1) is 12.8. The molecule has 1 atom stereocenters. The Hall–Kier alpha value is -1.29. The van der Waals surface area contributed by atoms with Crippen LogP contribution in [-0.2, 0) is 6.42 Å². The molecular formula is C12H17FO3. The van der Waals surface area contributed by atoms with E-state index in [1.165, 1.54) is 21.1 Å². The molecule has 1 aromatic rings. The highest BCUT2D eigenvalue weighted by atomic mass is 19.1. The Morgan fingerprint density at radius 1 is 1.31 bits per heavy atom. The lowest BCUT2D eigenvalue weighted by Gasteiger charge is -2.15. The van der Waals surface area contributed by atoms with E-state index in [1.807, 2.05) is 0 Å². The number of hydrogen-bond acceptors (Lipinski definition) is 3. The zero-order valence-corrected chi connectivity index (χ0v) is 9.79. The minimum atomic E-state index is -1.07. The van der Waals surface area contributed by atoms with Crippen molar-refractivity contribution >= 4 is 0 Å². The number of benzene rings is 1. The van der Waals surface area contributed by atoms with Crippen molar-refractivity contribution in [3.05, 3.63) is 23.3 Å². The summed E-state index contributed by atoms with van der Waals surface area (Å²) >= 11 is 0. The molecule has 1 rings (SSSR count). The molecule has 0 aliphatic heterocycles. The van der Waals surface area contributed by atoms with Gasteiger partial charge in [-0.05, 0) is 31.0 Å². The summed E-state index contributed by atoms with van der Waals surface area (Å²) in [5.41, 5.74) is 1.28. The Bertz CT molecular complexity index is 350. The third-order valence-corrected chi connectivity index (χ3v) is 2.42. The SMILES string of the molecule is COc1cc(C(C)F)cc(CCO)c1OC. The van der Waals surface area contributed by atoms with Crippen LogP contribution in [-0.4, -0.2) is 25.9 Å². The van der Waals surface area contributed by atoms with E-state index in [1.54, 1.807) is 12.1 Å².